The molecule has 0 fully saturated rings. The highest BCUT2D eigenvalue weighted by Crippen LogP contribution is 2.28. The van der Waals surface area contributed by atoms with E-state index in [1.54, 1.807) is 0 Å². The summed E-state index contributed by atoms with van der Waals surface area (Å²) in [6.45, 7) is 6.01. The minimum atomic E-state index is 0.547. The van der Waals surface area contributed by atoms with Gasteiger partial charge in [0.1, 0.15) is 29.8 Å². The molecule has 1 aliphatic rings. The van der Waals surface area contributed by atoms with Gasteiger partial charge in [0.15, 0.2) is 0 Å². The van der Waals surface area contributed by atoms with Gasteiger partial charge in [0.25, 0.3) is 0 Å². The molecule has 1 aromatic heterocycles. The van der Waals surface area contributed by atoms with E-state index in [9.17, 15) is 0 Å². The van der Waals surface area contributed by atoms with Crippen LogP contribution in [0.5, 0.6) is 5.75 Å². The van der Waals surface area contributed by atoms with Crippen molar-refractivity contribution in [1.29, 1.82) is 0 Å². The van der Waals surface area contributed by atoms with Crippen LogP contribution < -0.4 is 15.4 Å². The van der Waals surface area contributed by atoms with Crippen LogP contribution in [-0.2, 0) is 6.54 Å². The van der Waals surface area contributed by atoms with Crippen molar-refractivity contribution in [1.82, 2.24) is 9.97 Å². The van der Waals surface area contributed by atoms with Gasteiger partial charge in [0.05, 0.1) is 6.54 Å². The van der Waals surface area contributed by atoms with Gasteiger partial charge in [-0.05, 0) is 19.9 Å². The molecule has 2 heterocycles. The lowest BCUT2D eigenvalue weighted by atomic mass is 10.2. The fourth-order valence-electron chi connectivity index (χ4n) is 2.45. The molecule has 5 nitrogen and oxygen atoms in total. The highest BCUT2D eigenvalue weighted by atomic mass is 16.5. The maximum atomic E-state index is 5.95. The molecular formula is C15H18N4O. The Morgan fingerprint density at radius 2 is 2.00 bits per heavy atom. The summed E-state index contributed by atoms with van der Waals surface area (Å²) in [5.74, 6) is 3.09. The van der Waals surface area contributed by atoms with Crippen molar-refractivity contribution in [3.63, 3.8) is 0 Å². The zero-order valence-corrected chi connectivity index (χ0v) is 11.8. The Labute approximate surface area is 118 Å². The number of benzene rings is 1. The first kappa shape index (κ1) is 12.7. The van der Waals surface area contributed by atoms with Crippen molar-refractivity contribution >= 4 is 11.6 Å². The van der Waals surface area contributed by atoms with Crippen LogP contribution in [-0.4, -0.2) is 23.1 Å². The van der Waals surface area contributed by atoms with E-state index in [-0.39, 0.29) is 0 Å². The van der Waals surface area contributed by atoms with E-state index < -0.39 is 0 Å². The van der Waals surface area contributed by atoms with Crippen LogP contribution in [0.1, 0.15) is 17.0 Å². The average molecular weight is 270 g/mol. The fraction of sp³-hybridized carbons (Fsp3) is 0.333. The van der Waals surface area contributed by atoms with Crippen molar-refractivity contribution in [2.24, 2.45) is 0 Å². The maximum Gasteiger partial charge on any atom is 0.137 e. The van der Waals surface area contributed by atoms with E-state index in [0.717, 1.165) is 30.2 Å². The number of hydrogen-bond acceptors (Lipinski definition) is 5. The summed E-state index contributed by atoms with van der Waals surface area (Å²) in [4.78, 5) is 11.0. The van der Waals surface area contributed by atoms with Gasteiger partial charge in [0.2, 0.25) is 0 Å². The highest BCUT2D eigenvalue weighted by Gasteiger charge is 2.19. The molecule has 2 aromatic rings. The average Bonchev–Trinajstić information content (AvgIpc) is 2.64. The van der Waals surface area contributed by atoms with Gasteiger partial charge in [-0.15, -0.1) is 0 Å². The number of rotatable bonds is 1. The molecule has 0 spiro atoms. The second-order valence-corrected chi connectivity index (χ2v) is 4.98. The second-order valence-electron chi connectivity index (χ2n) is 4.98. The summed E-state index contributed by atoms with van der Waals surface area (Å²) < 4.78 is 5.78. The van der Waals surface area contributed by atoms with Gasteiger partial charge in [-0.25, -0.2) is 9.97 Å². The van der Waals surface area contributed by atoms with E-state index in [1.807, 2.05) is 32.0 Å². The van der Waals surface area contributed by atoms with Gasteiger partial charge in [-0.3, -0.25) is 0 Å². The molecule has 0 atom stereocenters. The molecule has 1 aliphatic heterocycles. The van der Waals surface area contributed by atoms with Crippen molar-refractivity contribution in [3.8, 4) is 5.75 Å². The molecule has 20 heavy (non-hydrogen) atoms. The summed E-state index contributed by atoms with van der Waals surface area (Å²) in [5, 5.41) is 0. The minimum Gasteiger partial charge on any atom is -0.491 e. The first-order valence-electron chi connectivity index (χ1n) is 6.71. The van der Waals surface area contributed by atoms with E-state index in [0.29, 0.717) is 18.2 Å². The lowest BCUT2D eigenvalue weighted by Crippen LogP contribution is -2.27. The van der Waals surface area contributed by atoms with E-state index >= 15 is 0 Å². The van der Waals surface area contributed by atoms with Crippen molar-refractivity contribution in [2.75, 3.05) is 23.8 Å². The SMILES string of the molecule is Cc1nc(N)c(C)c(N2CCOc3ccccc3C2)n1. The molecule has 0 radical (unpaired) electrons. The summed E-state index contributed by atoms with van der Waals surface area (Å²) in [7, 11) is 0. The third-order valence-electron chi connectivity index (χ3n) is 3.52. The monoisotopic (exact) mass is 270 g/mol. The number of ether oxygens (including phenoxy) is 1. The minimum absolute atomic E-state index is 0.547. The summed E-state index contributed by atoms with van der Waals surface area (Å²) >= 11 is 0. The van der Waals surface area contributed by atoms with E-state index in [1.165, 1.54) is 5.56 Å². The van der Waals surface area contributed by atoms with Gasteiger partial charge in [0, 0.05) is 17.7 Å². The van der Waals surface area contributed by atoms with Crippen molar-refractivity contribution in [3.05, 3.63) is 41.2 Å². The van der Waals surface area contributed by atoms with Crippen LogP contribution in [0.2, 0.25) is 0 Å². The predicted molar refractivity (Wildman–Crippen MR) is 78.9 cm³/mol. The summed E-state index contributed by atoms with van der Waals surface area (Å²) in [6.07, 6.45) is 0. The molecule has 0 bridgehead atoms. The van der Waals surface area contributed by atoms with Crippen LogP contribution in [0, 0.1) is 13.8 Å². The lowest BCUT2D eigenvalue weighted by molar-refractivity contribution is 0.331. The topological polar surface area (TPSA) is 64.3 Å². The molecule has 2 N–H and O–H groups in total. The number of para-hydroxylation sites is 1. The molecule has 104 valence electrons. The molecule has 0 unspecified atom stereocenters. The number of nitrogens with zero attached hydrogens (tertiary/aromatic N) is 3. The second kappa shape index (κ2) is 5.00. The Balaban J connectivity index is 1.99. The summed E-state index contributed by atoms with van der Waals surface area (Å²) in [5.41, 5.74) is 8.04. The number of nitrogens with two attached hydrogens (primary N) is 1. The van der Waals surface area contributed by atoms with Crippen LogP contribution in [0.4, 0.5) is 11.6 Å². The first-order chi connectivity index (χ1) is 9.65. The Morgan fingerprint density at radius 3 is 2.85 bits per heavy atom. The van der Waals surface area contributed by atoms with Gasteiger partial charge < -0.3 is 15.4 Å². The third-order valence-corrected chi connectivity index (χ3v) is 3.52. The number of hydrogen-bond donors (Lipinski definition) is 1. The lowest BCUT2D eigenvalue weighted by Gasteiger charge is -2.23. The number of nitrogen functional groups attached to an aromatic ring is 1. The molecule has 0 aliphatic carbocycles. The van der Waals surface area contributed by atoms with Crippen LogP contribution in [0.3, 0.4) is 0 Å². The molecule has 0 saturated carbocycles. The van der Waals surface area contributed by atoms with Crippen LogP contribution in [0.25, 0.3) is 0 Å². The van der Waals surface area contributed by atoms with E-state index in [4.69, 9.17) is 10.5 Å². The van der Waals surface area contributed by atoms with Gasteiger partial charge >= 0.3 is 0 Å². The fourth-order valence-corrected chi connectivity index (χ4v) is 2.45. The van der Waals surface area contributed by atoms with Gasteiger partial charge in [-0.2, -0.15) is 0 Å². The molecule has 1 aromatic carbocycles. The predicted octanol–water partition coefficient (Wildman–Crippen LogP) is 2.07. The zero-order chi connectivity index (χ0) is 14.1. The number of anilines is 2. The smallest absolute Gasteiger partial charge is 0.137 e. The van der Waals surface area contributed by atoms with Crippen LogP contribution >= 0.6 is 0 Å². The molecule has 3 rings (SSSR count). The maximum absolute atomic E-state index is 5.95. The molecular weight excluding hydrogens is 252 g/mol. The van der Waals surface area contributed by atoms with Crippen LogP contribution in [0.15, 0.2) is 24.3 Å². The number of aromatic nitrogens is 2. The van der Waals surface area contributed by atoms with Crippen molar-refractivity contribution in [2.45, 2.75) is 20.4 Å². The Bertz CT molecular complexity index is 642. The third kappa shape index (κ3) is 2.27. The Hall–Kier alpha value is -2.30. The van der Waals surface area contributed by atoms with E-state index in [2.05, 4.69) is 20.9 Å². The summed E-state index contributed by atoms with van der Waals surface area (Å²) in [6, 6.07) is 8.11. The van der Waals surface area contributed by atoms with Crippen molar-refractivity contribution < 1.29 is 4.74 Å². The number of fused-ring (bicyclic) bond motifs is 1. The quantitative estimate of drug-likeness (QED) is 0.859. The molecule has 5 heteroatoms. The van der Waals surface area contributed by atoms with Gasteiger partial charge in [-0.1, -0.05) is 18.2 Å². The molecule has 0 saturated heterocycles. The highest BCUT2D eigenvalue weighted by molar-refractivity contribution is 5.57. The Morgan fingerprint density at radius 1 is 1.20 bits per heavy atom. The standard InChI is InChI=1S/C15H18N4O/c1-10-14(16)17-11(2)18-15(10)19-7-8-20-13-6-4-3-5-12(13)9-19/h3-6H,7-9H2,1-2H3,(H2,16,17,18). The first-order valence-corrected chi connectivity index (χ1v) is 6.71. The zero-order valence-electron chi connectivity index (χ0n) is 11.8. The molecule has 0 amide bonds. The Kier molecular flexibility index (Phi) is 3.18. The largest absolute Gasteiger partial charge is 0.491 e. The normalized spacial score (nSPS) is 14.4. The number of aryl methyl sites for hydroxylation is 1.